The average Bonchev–Trinajstić information content (AvgIpc) is 3.01. The molecule has 1 N–H and O–H groups in total. The number of benzene rings is 1. The molecule has 1 aromatic carbocycles. The van der Waals surface area contributed by atoms with Gasteiger partial charge in [-0.2, -0.15) is 0 Å². The second kappa shape index (κ2) is 8.46. The Bertz CT molecular complexity index is 646. The zero-order chi connectivity index (χ0) is 15.8. The van der Waals surface area contributed by atoms with Gasteiger partial charge in [-0.15, -0.1) is 11.3 Å². The minimum absolute atomic E-state index is 0.345. The van der Waals surface area contributed by atoms with Gasteiger partial charge in [0.2, 0.25) is 10.0 Å². The first kappa shape index (κ1) is 17.2. The quantitative estimate of drug-likeness (QED) is 0.703. The molecule has 0 saturated carbocycles. The van der Waals surface area contributed by atoms with Gasteiger partial charge in [0.1, 0.15) is 0 Å². The Kier molecular flexibility index (Phi) is 6.61. The SMILES string of the molecule is CCCCCc1ccc(S(=O)(=O)NCCc2cccs2)cc1. The van der Waals surface area contributed by atoms with E-state index in [2.05, 4.69) is 11.6 Å². The molecule has 0 fully saturated rings. The molecular weight excluding hydrogens is 314 g/mol. The third-order valence-electron chi connectivity index (χ3n) is 3.55. The molecule has 2 rings (SSSR count). The maximum atomic E-state index is 12.2. The summed E-state index contributed by atoms with van der Waals surface area (Å²) < 4.78 is 27.1. The molecule has 0 radical (unpaired) electrons. The van der Waals surface area contributed by atoms with Crippen molar-refractivity contribution in [2.24, 2.45) is 0 Å². The van der Waals surface area contributed by atoms with Crippen molar-refractivity contribution < 1.29 is 8.42 Å². The molecule has 0 atom stereocenters. The summed E-state index contributed by atoms with van der Waals surface area (Å²) in [6.45, 7) is 2.61. The summed E-state index contributed by atoms with van der Waals surface area (Å²) in [4.78, 5) is 1.53. The molecule has 3 nitrogen and oxygen atoms in total. The van der Waals surface area contributed by atoms with E-state index in [1.54, 1.807) is 23.5 Å². The number of hydrogen-bond donors (Lipinski definition) is 1. The van der Waals surface area contributed by atoms with Crippen molar-refractivity contribution in [2.75, 3.05) is 6.54 Å². The number of aryl methyl sites for hydroxylation is 1. The van der Waals surface area contributed by atoms with Crippen LogP contribution < -0.4 is 4.72 Å². The van der Waals surface area contributed by atoms with Crippen molar-refractivity contribution in [1.29, 1.82) is 0 Å². The number of nitrogens with one attached hydrogen (secondary N) is 1. The largest absolute Gasteiger partial charge is 0.240 e. The van der Waals surface area contributed by atoms with Gasteiger partial charge in [-0.25, -0.2) is 13.1 Å². The molecule has 0 amide bonds. The summed E-state index contributed by atoms with van der Waals surface area (Å²) in [5.74, 6) is 0. The Morgan fingerprint density at radius 1 is 1.05 bits per heavy atom. The number of sulfonamides is 1. The van der Waals surface area contributed by atoms with E-state index in [1.165, 1.54) is 23.3 Å². The third kappa shape index (κ3) is 5.23. The summed E-state index contributed by atoms with van der Waals surface area (Å²) >= 11 is 1.65. The van der Waals surface area contributed by atoms with Crippen molar-refractivity contribution >= 4 is 21.4 Å². The maximum Gasteiger partial charge on any atom is 0.240 e. The topological polar surface area (TPSA) is 46.2 Å². The summed E-state index contributed by atoms with van der Waals surface area (Å²) in [6.07, 6.45) is 5.30. The minimum atomic E-state index is -3.40. The second-order valence-electron chi connectivity index (χ2n) is 5.33. The predicted octanol–water partition coefficient (Wildman–Crippen LogP) is 4.00. The van der Waals surface area contributed by atoms with Crippen LogP contribution in [-0.2, 0) is 22.9 Å². The highest BCUT2D eigenvalue weighted by molar-refractivity contribution is 7.89. The van der Waals surface area contributed by atoms with E-state index in [0.29, 0.717) is 11.4 Å². The van der Waals surface area contributed by atoms with Gasteiger partial charge < -0.3 is 0 Å². The lowest BCUT2D eigenvalue weighted by atomic mass is 10.1. The molecule has 0 unspecified atom stereocenters. The first-order valence-corrected chi connectivity index (χ1v) is 10.1. The van der Waals surface area contributed by atoms with Gasteiger partial charge >= 0.3 is 0 Å². The Hall–Kier alpha value is -1.17. The molecule has 120 valence electrons. The van der Waals surface area contributed by atoms with E-state index < -0.39 is 10.0 Å². The minimum Gasteiger partial charge on any atom is -0.211 e. The van der Waals surface area contributed by atoms with Crippen molar-refractivity contribution in [2.45, 2.75) is 43.9 Å². The van der Waals surface area contributed by atoms with Gasteiger partial charge in [0.25, 0.3) is 0 Å². The lowest BCUT2D eigenvalue weighted by Gasteiger charge is -2.07. The Morgan fingerprint density at radius 2 is 1.82 bits per heavy atom. The van der Waals surface area contributed by atoms with E-state index in [1.807, 2.05) is 29.6 Å². The fraction of sp³-hybridized carbons (Fsp3) is 0.412. The van der Waals surface area contributed by atoms with Crippen LogP contribution >= 0.6 is 11.3 Å². The first-order valence-electron chi connectivity index (χ1n) is 7.73. The highest BCUT2D eigenvalue weighted by Gasteiger charge is 2.13. The van der Waals surface area contributed by atoms with E-state index in [9.17, 15) is 8.42 Å². The van der Waals surface area contributed by atoms with Gasteiger partial charge in [0.05, 0.1) is 4.90 Å². The van der Waals surface area contributed by atoms with E-state index in [0.717, 1.165) is 19.3 Å². The smallest absolute Gasteiger partial charge is 0.211 e. The van der Waals surface area contributed by atoms with Crippen LogP contribution in [0.15, 0.2) is 46.7 Å². The fourth-order valence-electron chi connectivity index (χ4n) is 2.26. The molecule has 5 heteroatoms. The highest BCUT2D eigenvalue weighted by Crippen LogP contribution is 2.13. The first-order chi connectivity index (χ1) is 10.6. The summed E-state index contributed by atoms with van der Waals surface area (Å²) in [5, 5.41) is 2.00. The number of thiophene rings is 1. The van der Waals surface area contributed by atoms with Gasteiger partial charge in [-0.1, -0.05) is 38.0 Å². The molecule has 1 aromatic heterocycles. The Morgan fingerprint density at radius 3 is 2.45 bits per heavy atom. The fourth-order valence-corrected chi connectivity index (χ4v) is 4.00. The average molecular weight is 338 g/mol. The standard InChI is InChI=1S/C17H23NO2S2/c1-2-3-4-6-15-8-10-17(11-9-15)22(19,20)18-13-12-16-7-5-14-21-16/h5,7-11,14,18H,2-4,6,12-13H2,1H3. The van der Waals surface area contributed by atoms with Crippen LogP contribution in [0.25, 0.3) is 0 Å². The van der Waals surface area contributed by atoms with Crippen LogP contribution in [0, 0.1) is 0 Å². The lowest BCUT2D eigenvalue weighted by Crippen LogP contribution is -2.25. The number of rotatable bonds is 9. The van der Waals surface area contributed by atoms with Crippen molar-refractivity contribution in [3.8, 4) is 0 Å². The van der Waals surface area contributed by atoms with Crippen LogP contribution in [0.3, 0.4) is 0 Å². The van der Waals surface area contributed by atoms with Gasteiger partial charge in [-0.05, 0) is 48.4 Å². The summed E-state index contributed by atoms with van der Waals surface area (Å²) in [6, 6.07) is 11.2. The summed E-state index contributed by atoms with van der Waals surface area (Å²) in [5.41, 5.74) is 1.20. The monoisotopic (exact) mass is 337 g/mol. The molecule has 2 aromatic rings. The van der Waals surface area contributed by atoms with Crippen LogP contribution in [0.1, 0.15) is 36.6 Å². The van der Waals surface area contributed by atoms with Crippen LogP contribution in [0.2, 0.25) is 0 Å². The van der Waals surface area contributed by atoms with Crippen molar-refractivity contribution in [1.82, 2.24) is 4.72 Å². The zero-order valence-electron chi connectivity index (χ0n) is 12.9. The van der Waals surface area contributed by atoms with Crippen molar-refractivity contribution in [3.63, 3.8) is 0 Å². The van der Waals surface area contributed by atoms with E-state index in [4.69, 9.17) is 0 Å². The number of hydrogen-bond acceptors (Lipinski definition) is 3. The molecule has 0 aliphatic rings. The molecule has 0 aliphatic heterocycles. The van der Waals surface area contributed by atoms with E-state index >= 15 is 0 Å². The normalized spacial score (nSPS) is 11.7. The second-order valence-corrected chi connectivity index (χ2v) is 8.13. The molecule has 0 saturated heterocycles. The zero-order valence-corrected chi connectivity index (χ0v) is 14.6. The predicted molar refractivity (Wildman–Crippen MR) is 92.9 cm³/mol. The van der Waals surface area contributed by atoms with Gasteiger partial charge in [0, 0.05) is 11.4 Å². The highest BCUT2D eigenvalue weighted by atomic mass is 32.2. The number of unbranched alkanes of at least 4 members (excludes halogenated alkanes) is 2. The van der Waals surface area contributed by atoms with Gasteiger partial charge in [0.15, 0.2) is 0 Å². The lowest BCUT2D eigenvalue weighted by molar-refractivity contribution is 0.582. The van der Waals surface area contributed by atoms with Gasteiger partial charge in [-0.3, -0.25) is 0 Å². The molecule has 0 spiro atoms. The molecule has 0 aliphatic carbocycles. The molecule has 0 bridgehead atoms. The molecular formula is C17H23NO2S2. The van der Waals surface area contributed by atoms with Crippen LogP contribution in [-0.4, -0.2) is 15.0 Å². The van der Waals surface area contributed by atoms with E-state index in [-0.39, 0.29) is 0 Å². The van der Waals surface area contributed by atoms with Crippen LogP contribution in [0.5, 0.6) is 0 Å². The Labute approximate surface area is 137 Å². The van der Waals surface area contributed by atoms with Crippen molar-refractivity contribution in [3.05, 3.63) is 52.2 Å². The third-order valence-corrected chi connectivity index (χ3v) is 5.96. The Balaban J connectivity index is 1.88. The van der Waals surface area contributed by atoms with Crippen LogP contribution in [0.4, 0.5) is 0 Å². The summed E-state index contributed by atoms with van der Waals surface area (Å²) in [7, 11) is -3.40. The molecule has 1 heterocycles. The molecule has 22 heavy (non-hydrogen) atoms. The maximum absolute atomic E-state index is 12.2.